The number of ether oxygens (including phenoxy) is 3. The van der Waals surface area contributed by atoms with Gasteiger partial charge in [0.2, 0.25) is 0 Å². The maximum absolute atomic E-state index is 5.86. The van der Waals surface area contributed by atoms with Gasteiger partial charge in [-0.25, -0.2) is 0 Å². The van der Waals surface area contributed by atoms with Gasteiger partial charge in [0.15, 0.2) is 0 Å². The second-order valence-corrected chi connectivity index (χ2v) is 6.77. The van der Waals surface area contributed by atoms with Gasteiger partial charge in [0.25, 0.3) is 0 Å². The molecule has 27 heavy (non-hydrogen) atoms. The average molecular weight is 365 g/mol. The van der Waals surface area contributed by atoms with E-state index in [1.54, 1.807) is 7.11 Å². The van der Waals surface area contributed by atoms with Crippen molar-refractivity contribution in [1.82, 2.24) is 4.98 Å². The third kappa shape index (κ3) is 4.65. The quantitative estimate of drug-likeness (QED) is 0.534. The Labute approximate surface area is 161 Å². The molecule has 0 radical (unpaired) electrons. The van der Waals surface area contributed by atoms with Crippen molar-refractivity contribution in [1.29, 1.82) is 0 Å². The lowest BCUT2D eigenvalue weighted by molar-refractivity contribution is 0.0543. The zero-order chi connectivity index (χ0) is 19.2. The van der Waals surface area contributed by atoms with Gasteiger partial charge < -0.3 is 14.2 Å². The van der Waals surface area contributed by atoms with E-state index in [0.29, 0.717) is 26.4 Å². The number of hydrogen-bond acceptors (Lipinski definition) is 4. The number of fused-ring (bicyclic) bond motifs is 1. The highest BCUT2D eigenvalue weighted by Crippen LogP contribution is 2.33. The van der Waals surface area contributed by atoms with Crippen molar-refractivity contribution in [3.05, 3.63) is 59.3 Å². The van der Waals surface area contributed by atoms with Gasteiger partial charge in [-0.3, -0.25) is 4.98 Å². The topological polar surface area (TPSA) is 40.6 Å². The molecule has 0 amide bonds. The molecule has 0 unspecified atom stereocenters. The molecule has 142 valence electrons. The van der Waals surface area contributed by atoms with Crippen molar-refractivity contribution in [3.8, 4) is 16.9 Å². The van der Waals surface area contributed by atoms with Crippen molar-refractivity contribution < 1.29 is 14.2 Å². The number of benzene rings is 2. The van der Waals surface area contributed by atoms with Crippen LogP contribution in [0.3, 0.4) is 0 Å². The van der Waals surface area contributed by atoms with Crippen LogP contribution in [0, 0.1) is 20.8 Å². The Bertz CT molecular complexity index is 921. The monoisotopic (exact) mass is 365 g/mol. The summed E-state index contributed by atoms with van der Waals surface area (Å²) in [6.45, 7) is 8.55. The summed E-state index contributed by atoms with van der Waals surface area (Å²) in [6.07, 6.45) is 1.95. The molecule has 0 aliphatic carbocycles. The van der Waals surface area contributed by atoms with E-state index in [4.69, 9.17) is 14.2 Å². The minimum atomic E-state index is 0.528. The number of nitrogens with zero attached hydrogens (tertiary/aromatic N) is 1. The van der Waals surface area contributed by atoms with Gasteiger partial charge in [-0.1, -0.05) is 18.2 Å². The normalized spacial score (nSPS) is 11.1. The minimum absolute atomic E-state index is 0.528. The first-order valence-electron chi connectivity index (χ1n) is 9.26. The fourth-order valence-corrected chi connectivity index (χ4v) is 3.21. The Hall–Kier alpha value is -2.43. The van der Waals surface area contributed by atoms with Crippen molar-refractivity contribution in [2.75, 3.05) is 33.5 Å². The summed E-state index contributed by atoms with van der Waals surface area (Å²) in [4.78, 5) is 4.59. The second-order valence-electron chi connectivity index (χ2n) is 6.77. The van der Waals surface area contributed by atoms with Crippen LogP contribution in [0.2, 0.25) is 0 Å². The summed E-state index contributed by atoms with van der Waals surface area (Å²) in [7, 11) is 1.67. The molecule has 2 aromatic carbocycles. The maximum atomic E-state index is 5.86. The predicted molar refractivity (Wildman–Crippen MR) is 110 cm³/mol. The fourth-order valence-electron chi connectivity index (χ4n) is 3.21. The molecule has 0 saturated heterocycles. The Morgan fingerprint density at radius 1 is 0.852 bits per heavy atom. The van der Waals surface area contributed by atoms with Crippen molar-refractivity contribution in [2.45, 2.75) is 20.8 Å². The third-order valence-electron chi connectivity index (χ3n) is 4.59. The van der Waals surface area contributed by atoms with E-state index < -0.39 is 0 Å². The molecule has 0 spiro atoms. The van der Waals surface area contributed by atoms with Crippen molar-refractivity contribution in [3.63, 3.8) is 0 Å². The lowest BCUT2D eigenvalue weighted by atomic mass is 9.95. The summed E-state index contributed by atoms with van der Waals surface area (Å²) < 4.78 is 16.3. The Kier molecular flexibility index (Phi) is 6.43. The van der Waals surface area contributed by atoms with E-state index >= 15 is 0 Å². The molecule has 1 aromatic heterocycles. The van der Waals surface area contributed by atoms with E-state index in [1.807, 2.05) is 12.3 Å². The van der Waals surface area contributed by atoms with Gasteiger partial charge in [-0.05, 0) is 66.8 Å². The predicted octanol–water partition coefficient (Wildman–Crippen LogP) is 4.87. The number of pyridine rings is 1. The highest BCUT2D eigenvalue weighted by atomic mass is 16.5. The van der Waals surface area contributed by atoms with Crippen LogP contribution in [0.1, 0.15) is 16.7 Å². The first-order valence-corrected chi connectivity index (χ1v) is 9.26. The molecule has 1 heterocycles. The van der Waals surface area contributed by atoms with Crippen molar-refractivity contribution in [2.24, 2.45) is 0 Å². The highest BCUT2D eigenvalue weighted by Gasteiger charge is 2.10. The van der Waals surface area contributed by atoms with E-state index in [0.717, 1.165) is 16.8 Å². The summed E-state index contributed by atoms with van der Waals surface area (Å²) >= 11 is 0. The summed E-state index contributed by atoms with van der Waals surface area (Å²) in [5.41, 5.74) is 6.95. The molecule has 3 aromatic rings. The molecule has 4 heteroatoms. The molecule has 0 N–H and O–H groups in total. The van der Waals surface area contributed by atoms with Gasteiger partial charge in [0.1, 0.15) is 12.4 Å². The Morgan fingerprint density at radius 2 is 1.67 bits per heavy atom. The van der Waals surface area contributed by atoms with E-state index in [1.165, 1.54) is 27.6 Å². The van der Waals surface area contributed by atoms with Gasteiger partial charge in [0, 0.05) is 18.7 Å². The van der Waals surface area contributed by atoms with Crippen LogP contribution >= 0.6 is 0 Å². The first-order chi connectivity index (χ1) is 13.1. The number of methoxy groups -OCH3 is 1. The van der Waals surface area contributed by atoms with E-state index in [2.05, 4.69) is 56.1 Å². The SMILES string of the molecule is COCCOCCOc1ccc(-c2c(C)cnc3cc(C)ccc23)cc1C. The van der Waals surface area contributed by atoms with Crippen LogP contribution in [-0.4, -0.2) is 38.5 Å². The lowest BCUT2D eigenvalue weighted by Crippen LogP contribution is -2.10. The van der Waals surface area contributed by atoms with Crippen LogP contribution < -0.4 is 4.74 Å². The zero-order valence-corrected chi connectivity index (χ0v) is 16.5. The van der Waals surface area contributed by atoms with E-state index in [-0.39, 0.29) is 0 Å². The van der Waals surface area contributed by atoms with Gasteiger partial charge in [-0.15, -0.1) is 0 Å². The Balaban J connectivity index is 1.80. The highest BCUT2D eigenvalue weighted by molar-refractivity contribution is 5.96. The minimum Gasteiger partial charge on any atom is -0.491 e. The number of hydrogen-bond donors (Lipinski definition) is 0. The standard InChI is InChI=1S/C23H27NO3/c1-16-5-7-20-21(13-16)24-15-18(3)23(20)19-6-8-22(17(2)14-19)27-12-11-26-10-9-25-4/h5-8,13-15H,9-12H2,1-4H3. The molecule has 0 aliphatic rings. The first kappa shape index (κ1) is 19.3. The second kappa shape index (κ2) is 8.98. The van der Waals surface area contributed by atoms with Gasteiger partial charge in [-0.2, -0.15) is 0 Å². The van der Waals surface area contributed by atoms with Crippen LogP contribution in [0.5, 0.6) is 5.75 Å². The van der Waals surface area contributed by atoms with Crippen LogP contribution in [0.15, 0.2) is 42.6 Å². The maximum Gasteiger partial charge on any atom is 0.122 e. The van der Waals surface area contributed by atoms with Gasteiger partial charge >= 0.3 is 0 Å². The average Bonchev–Trinajstić information content (AvgIpc) is 2.66. The van der Waals surface area contributed by atoms with E-state index in [9.17, 15) is 0 Å². The Morgan fingerprint density at radius 3 is 2.44 bits per heavy atom. The fraction of sp³-hybridized carbons (Fsp3) is 0.348. The van der Waals surface area contributed by atoms with Gasteiger partial charge in [0.05, 0.1) is 25.3 Å². The molecule has 4 nitrogen and oxygen atoms in total. The number of aromatic nitrogens is 1. The lowest BCUT2D eigenvalue weighted by Gasteiger charge is -2.14. The number of rotatable bonds is 8. The van der Waals surface area contributed by atoms with Crippen LogP contribution in [-0.2, 0) is 9.47 Å². The molecule has 0 atom stereocenters. The molecule has 0 bridgehead atoms. The molecule has 0 aliphatic heterocycles. The molecular weight excluding hydrogens is 338 g/mol. The molecule has 3 rings (SSSR count). The summed E-state index contributed by atoms with van der Waals surface area (Å²) in [6, 6.07) is 12.8. The molecule has 0 fully saturated rings. The van der Waals surface area contributed by atoms with Crippen LogP contribution in [0.4, 0.5) is 0 Å². The third-order valence-corrected chi connectivity index (χ3v) is 4.59. The number of aryl methyl sites for hydroxylation is 3. The largest absolute Gasteiger partial charge is 0.491 e. The summed E-state index contributed by atoms with van der Waals surface area (Å²) in [5, 5.41) is 1.18. The summed E-state index contributed by atoms with van der Waals surface area (Å²) in [5.74, 6) is 0.890. The van der Waals surface area contributed by atoms with Crippen molar-refractivity contribution >= 4 is 10.9 Å². The zero-order valence-electron chi connectivity index (χ0n) is 16.5. The molecule has 0 saturated carbocycles. The smallest absolute Gasteiger partial charge is 0.122 e. The van der Waals surface area contributed by atoms with Crippen LogP contribution in [0.25, 0.3) is 22.0 Å². The molecular formula is C23H27NO3.